The Bertz CT molecular complexity index is 537. The molecule has 0 aliphatic carbocycles. The van der Waals surface area contributed by atoms with Gasteiger partial charge in [-0.15, -0.1) is 0 Å². The summed E-state index contributed by atoms with van der Waals surface area (Å²) in [4.78, 5) is 0. The molecule has 0 radical (unpaired) electrons. The van der Waals surface area contributed by atoms with Gasteiger partial charge in [-0.2, -0.15) is 5.10 Å². The molecule has 1 heterocycles. The second-order valence-electron chi connectivity index (χ2n) is 4.34. The quantitative estimate of drug-likeness (QED) is 0.911. The van der Waals surface area contributed by atoms with E-state index >= 15 is 0 Å². The molecule has 3 nitrogen and oxygen atoms in total. The lowest BCUT2D eigenvalue weighted by Crippen LogP contribution is -2.05. The number of nitrogens with one attached hydrogen (secondary N) is 1. The highest BCUT2D eigenvalue weighted by atomic mass is 35.5. The largest absolute Gasteiger partial charge is 0.377 e. The molecule has 0 unspecified atom stereocenters. The minimum absolute atomic E-state index is 0.118. The van der Waals surface area contributed by atoms with Crippen LogP contribution in [0.1, 0.15) is 25.6 Å². The Kier molecular flexibility index (Phi) is 3.87. The van der Waals surface area contributed by atoms with Crippen LogP contribution in [0, 0.1) is 5.82 Å². The van der Waals surface area contributed by atoms with Crippen molar-refractivity contribution in [2.24, 2.45) is 0 Å². The normalized spacial score (nSPS) is 10.9. The number of anilines is 1. The summed E-state index contributed by atoms with van der Waals surface area (Å²) < 4.78 is 15.5. The monoisotopic (exact) mass is 267 g/mol. The van der Waals surface area contributed by atoms with Crippen LogP contribution in [-0.4, -0.2) is 9.78 Å². The van der Waals surface area contributed by atoms with Crippen molar-refractivity contribution in [3.8, 4) is 0 Å². The zero-order valence-electron chi connectivity index (χ0n) is 10.3. The van der Waals surface area contributed by atoms with E-state index in [0.717, 1.165) is 5.69 Å². The van der Waals surface area contributed by atoms with Crippen molar-refractivity contribution in [3.63, 3.8) is 0 Å². The second kappa shape index (κ2) is 5.40. The van der Waals surface area contributed by atoms with E-state index in [2.05, 4.69) is 24.3 Å². The van der Waals surface area contributed by atoms with E-state index < -0.39 is 5.82 Å². The van der Waals surface area contributed by atoms with Crippen molar-refractivity contribution in [2.45, 2.75) is 26.4 Å². The van der Waals surface area contributed by atoms with Crippen molar-refractivity contribution in [2.75, 3.05) is 5.32 Å². The van der Waals surface area contributed by atoms with Gasteiger partial charge in [0.2, 0.25) is 0 Å². The van der Waals surface area contributed by atoms with E-state index in [1.165, 1.54) is 6.07 Å². The van der Waals surface area contributed by atoms with Gasteiger partial charge in [-0.3, -0.25) is 4.68 Å². The van der Waals surface area contributed by atoms with Gasteiger partial charge in [0.1, 0.15) is 0 Å². The minimum Gasteiger partial charge on any atom is -0.377 e. The maximum absolute atomic E-state index is 13.6. The van der Waals surface area contributed by atoms with Crippen molar-refractivity contribution in [3.05, 3.63) is 47.0 Å². The first-order valence-electron chi connectivity index (χ1n) is 5.80. The summed E-state index contributed by atoms with van der Waals surface area (Å²) in [6, 6.07) is 7.12. The van der Waals surface area contributed by atoms with Crippen LogP contribution in [0.5, 0.6) is 0 Å². The van der Waals surface area contributed by atoms with E-state index in [1.807, 2.05) is 16.9 Å². The summed E-state index contributed by atoms with van der Waals surface area (Å²) in [6.45, 7) is 4.58. The molecule has 96 valence electrons. The maximum Gasteiger partial charge on any atom is 0.164 e. The van der Waals surface area contributed by atoms with Crippen LogP contribution in [0.2, 0.25) is 5.02 Å². The van der Waals surface area contributed by atoms with Crippen molar-refractivity contribution < 1.29 is 4.39 Å². The van der Waals surface area contributed by atoms with E-state index in [9.17, 15) is 4.39 Å². The Balaban J connectivity index is 2.04. The molecule has 18 heavy (non-hydrogen) atoms. The molecule has 5 heteroatoms. The standard InChI is InChI=1S/C13H15ClFN3/c1-9(2)18-7-6-10(17-18)8-16-12-5-3-4-11(14)13(12)15/h3-7,9,16H,8H2,1-2H3. The molecule has 0 saturated carbocycles. The highest BCUT2D eigenvalue weighted by molar-refractivity contribution is 6.31. The van der Waals surface area contributed by atoms with Crippen LogP contribution in [0.25, 0.3) is 0 Å². The molecule has 1 aromatic carbocycles. The molecule has 0 aliphatic rings. The third-order valence-corrected chi connectivity index (χ3v) is 2.90. The van der Waals surface area contributed by atoms with Crippen molar-refractivity contribution in [1.29, 1.82) is 0 Å². The summed E-state index contributed by atoms with van der Waals surface area (Å²) >= 11 is 5.71. The van der Waals surface area contributed by atoms with Gasteiger partial charge in [0.25, 0.3) is 0 Å². The van der Waals surface area contributed by atoms with Gasteiger partial charge in [-0.05, 0) is 32.0 Å². The van der Waals surface area contributed by atoms with Gasteiger partial charge < -0.3 is 5.32 Å². The highest BCUT2D eigenvalue weighted by Gasteiger charge is 2.07. The van der Waals surface area contributed by atoms with Crippen LogP contribution in [0.3, 0.4) is 0 Å². The minimum atomic E-state index is -0.428. The van der Waals surface area contributed by atoms with E-state index in [-0.39, 0.29) is 5.02 Å². The number of hydrogen-bond acceptors (Lipinski definition) is 2. The molecule has 0 atom stereocenters. The van der Waals surface area contributed by atoms with Crippen molar-refractivity contribution in [1.82, 2.24) is 9.78 Å². The average Bonchev–Trinajstić information content (AvgIpc) is 2.80. The summed E-state index contributed by atoms with van der Waals surface area (Å²) in [6.07, 6.45) is 1.91. The Hall–Kier alpha value is -1.55. The van der Waals surface area contributed by atoms with Crippen LogP contribution < -0.4 is 5.32 Å². The average molecular weight is 268 g/mol. The van der Waals surface area contributed by atoms with Gasteiger partial charge >= 0.3 is 0 Å². The van der Waals surface area contributed by atoms with Crippen molar-refractivity contribution >= 4 is 17.3 Å². The number of nitrogens with zero attached hydrogens (tertiary/aromatic N) is 2. The molecule has 2 rings (SSSR count). The Labute approximate surface area is 111 Å². The van der Waals surface area contributed by atoms with Crippen LogP contribution in [-0.2, 0) is 6.54 Å². The van der Waals surface area contributed by atoms with Crippen LogP contribution >= 0.6 is 11.6 Å². The fourth-order valence-electron chi connectivity index (χ4n) is 1.59. The van der Waals surface area contributed by atoms with Crippen LogP contribution in [0.4, 0.5) is 10.1 Å². The van der Waals surface area contributed by atoms with Gasteiger partial charge in [-0.1, -0.05) is 17.7 Å². The van der Waals surface area contributed by atoms with Gasteiger partial charge in [0, 0.05) is 12.2 Å². The molecule has 0 amide bonds. The lowest BCUT2D eigenvalue weighted by molar-refractivity contribution is 0.527. The first-order valence-corrected chi connectivity index (χ1v) is 6.17. The molecule has 0 spiro atoms. The first-order chi connectivity index (χ1) is 8.58. The molecular formula is C13H15ClFN3. The third kappa shape index (κ3) is 2.82. The predicted molar refractivity (Wildman–Crippen MR) is 71.3 cm³/mol. The molecule has 0 saturated heterocycles. The number of hydrogen-bond donors (Lipinski definition) is 1. The molecule has 1 N–H and O–H groups in total. The number of aromatic nitrogens is 2. The fraction of sp³-hybridized carbons (Fsp3) is 0.308. The maximum atomic E-state index is 13.6. The molecule has 0 aliphatic heterocycles. The summed E-state index contributed by atoms with van der Waals surface area (Å²) in [5.74, 6) is -0.428. The number of rotatable bonds is 4. The second-order valence-corrected chi connectivity index (χ2v) is 4.74. The lowest BCUT2D eigenvalue weighted by atomic mass is 10.3. The van der Waals surface area contributed by atoms with Crippen LogP contribution in [0.15, 0.2) is 30.5 Å². The Morgan fingerprint density at radius 3 is 2.83 bits per heavy atom. The molecule has 0 bridgehead atoms. The smallest absolute Gasteiger partial charge is 0.164 e. The van der Waals surface area contributed by atoms with E-state index in [0.29, 0.717) is 18.3 Å². The Morgan fingerprint density at radius 2 is 2.17 bits per heavy atom. The van der Waals surface area contributed by atoms with E-state index in [4.69, 9.17) is 11.6 Å². The first kappa shape index (κ1) is 12.9. The topological polar surface area (TPSA) is 29.9 Å². The van der Waals surface area contributed by atoms with E-state index in [1.54, 1.807) is 12.1 Å². The summed E-state index contributed by atoms with van der Waals surface area (Å²) in [5.41, 5.74) is 1.25. The lowest BCUT2D eigenvalue weighted by Gasteiger charge is -2.07. The molecule has 1 aromatic heterocycles. The zero-order chi connectivity index (χ0) is 13.1. The third-order valence-electron chi connectivity index (χ3n) is 2.60. The predicted octanol–water partition coefficient (Wildman–Crippen LogP) is 3.87. The Morgan fingerprint density at radius 1 is 1.39 bits per heavy atom. The fourth-order valence-corrected chi connectivity index (χ4v) is 1.76. The number of benzene rings is 1. The van der Waals surface area contributed by atoms with Gasteiger partial charge in [0.05, 0.1) is 22.9 Å². The molecular weight excluding hydrogens is 253 g/mol. The van der Waals surface area contributed by atoms with Gasteiger partial charge in [0.15, 0.2) is 5.82 Å². The summed E-state index contributed by atoms with van der Waals surface area (Å²) in [7, 11) is 0. The van der Waals surface area contributed by atoms with Gasteiger partial charge in [-0.25, -0.2) is 4.39 Å². The number of halogens is 2. The SMILES string of the molecule is CC(C)n1ccc(CNc2cccc(Cl)c2F)n1. The summed E-state index contributed by atoms with van der Waals surface area (Å²) in [5, 5.41) is 7.48. The zero-order valence-corrected chi connectivity index (χ0v) is 11.1. The molecule has 2 aromatic rings. The molecule has 0 fully saturated rings. The highest BCUT2D eigenvalue weighted by Crippen LogP contribution is 2.22.